The summed E-state index contributed by atoms with van der Waals surface area (Å²) in [6.45, 7) is 8.86. The van der Waals surface area contributed by atoms with Gasteiger partial charge in [0.25, 0.3) is 0 Å². The van der Waals surface area contributed by atoms with Crippen molar-refractivity contribution in [3.63, 3.8) is 0 Å². The van der Waals surface area contributed by atoms with E-state index in [4.69, 9.17) is 4.74 Å². The van der Waals surface area contributed by atoms with Crippen LogP contribution in [0.3, 0.4) is 0 Å². The zero-order valence-electron chi connectivity index (χ0n) is 11.4. The maximum Gasteiger partial charge on any atom is 0.124 e. The molecule has 4 heteroatoms. The second-order valence-electron chi connectivity index (χ2n) is 4.37. The highest BCUT2D eigenvalue weighted by Crippen LogP contribution is 2.22. The molecule has 4 nitrogen and oxygen atoms in total. The lowest BCUT2D eigenvalue weighted by Gasteiger charge is -2.11. The third-order valence-corrected chi connectivity index (χ3v) is 2.91. The van der Waals surface area contributed by atoms with Crippen LogP contribution in [0.5, 0.6) is 5.75 Å². The van der Waals surface area contributed by atoms with Gasteiger partial charge in [0.15, 0.2) is 0 Å². The molecule has 1 aromatic heterocycles. The van der Waals surface area contributed by atoms with Crippen molar-refractivity contribution in [1.82, 2.24) is 10.2 Å². The van der Waals surface area contributed by atoms with Crippen LogP contribution in [0.4, 0.5) is 5.69 Å². The van der Waals surface area contributed by atoms with E-state index in [1.165, 1.54) is 0 Å². The summed E-state index contributed by atoms with van der Waals surface area (Å²) < 4.78 is 5.64. The van der Waals surface area contributed by atoms with Gasteiger partial charge in [-0.15, -0.1) is 0 Å². The first-order chi connectivity index (χ1) is 9.22. The van der Waals surface area contributed by atoms with Gasteiger partial charge in [0.1, 0.15) is 12.4 Å². The van der Waals surface area contributed by atoms with Crippen molar-refractivity contribution in [3.8, 4) is 5.75 Å². The molecule has 0 atom stereocenters. The van der Waals surface area contributed by atoms with Gasteiger partial charge in [-0.2, -0.15) is 5.10 Å². The minimum atomic E-state index is 0.515. The van der Waals surface area contributed by atoms with Gasteiger partial charge >= 0.3 is 0 Å². The van der Waals surface area contributed by atoms with Crippen molar-refractivity contribution in [2.45, 2.75) is 20.4 Å². The zero-order valence-corrected chi connectivity index (χ0v) is 11.4. The molecule has 0 aliphatic rings. The van der Waals surface area contributed by atoms with E-state index in [-0.39, 0.29) is 0 Å². The highest BCUT2D eigenvalue weighted by atomic mass is 16.5. The third kappa shape index (κ3) is 3.16. The smallest absolute Gasteiger partial charge is 0.124 e. The molecule has 0 amide bonds. The van der Waals surface area contributed by atoms with Crippen molar-refractivity contribution in [2.24, 2.45) is 0 Å². The molecule has 1 heterocycles. The van der Waals surface area contributed by atoms with E-state index in [9.17, 15) is 0 Å². The second kappa shape index (κ2) is 6.09. The van der Waals surface area contributed by atoms with Crippen molar-refractivity contribution in [3.05, 3.63) is 53.9 Å². The normalized spacial score (nSPS) is 10.2. The molecule has 0 saturated carbocycles. The molecule has 0 saturated heterocycles. The molecule has 2 aromatic rings. The van der Waals surface area contributed by atoms with Crippen molar-refractivity contribution < 1.29 is 4.74 Å². The first kappa shape index (κ1) is 13.2. The van der Waals surface area contributed by atoms with Crippen molar-refractivity contribution >= 4 is 5.69 Å². The van der Waals surface area contributed by atoms with Gasteiger partial charge in [0, 0.05) is 12.1 Å². The number of aryl methyl sites for hydroxylation is 2. The Labute approximate surface area is 113 Å². The van der Waals surface area contributed by atoms with E-state index in [0.29, 0.717) is 13.2 Å². The van der Waals surface area contributed by atoms with Crippen LogP contribution < -0.4 is 10.1 Å². The van der Waals surface area contributed by atoms with Crippen LogP contribution >= 0.6 is 0 Å². The monoisotopic (exact) mass is 257 g/mol. The Bertz CT molecular complexity index is 541. The molecule has 19 heavy (non-hydrogen) atoms. The number of hydrogen-bond acceptors (Lipinski definition) is 3. The molecular formula is C15H19N3O. The lowest BCUT2D eigenvalue weighted by atomic mass is 10.2. The fourth-order valence-corrected chi connectivity index (χ4v) is 1.93. The molecule has 0 radical (unpaired) electrons. The number of para-hydroxylation sites is 1. The van der Waals surface area contributed by atoms with E-state index >= 15 is 0 Å². The SMILES string of the molecule is C=CCOc1ccccc1CNc1c(C)n[nH]c1C. The standard InChI is InChI=1S/C15H19N3O/c1-4-9-19-14-8-6-5-7-13(14)10-16-15-11(2)17-18-12(15)3/h4-8,16H,1,9-10H2,2-3H3,(H,17,18). The molecule has 0 unspecified atom stereocenters. The second-order valence-corrected chi connectivity index (χ2v) is 4.37. The average molecular weight is 257 g/mol. The number of ether oxygens (including phenoxy) is 1. The molecule has 0 spiro atoms. The zero-order chi connectivity index (χ0) is 13.7. The summed E-state index contributed by atoms with van der Waals surface area (Å²) in [6.07, 6.45) is 1.74. The quantitative estimate of drug-likeness (QED) is 0.781. The Hall–Kier alpha value is -2.23. The molecule has 0 aliphatic carbocycles. The molecule has 0 fully saturated rings. The molecule has 1 aromatic carbocycles. The van der Waals surface area contributed by atoms with Crippen LogP contribution in [-0.2, 0) is 6.54 Å². The van der Waals surface area contributed by atoms with Gasteiger partial charge in [0.05, 0.1) is 17.1 Å². The molecular weight excluding hydrogens is 238 g/mol. The Kier molecular flexibility index (Phi) is 4.23. The number of nitrogens with zero attached hydrogens (tertiary/aromatic N) is 1. The molecule has 2 rings (SSSR count). The average Bonchev–Trinajstić information content (AvgIpc) is 2.74. The van der Waals surface area contributed by atoms with E-state index in [1.807, 2.05) is 32.0 Å². The van der Waals surface area contributed by atoms with Crippen LogP contribution in [0.15, 0.2) is 36.9 Å². The summed E-state index contributed by atoms with van der Waals surface area (Å²) in [7, 11) is 0. The van der Waals surface area contributed by atoms with Gasteiger partial charge in [-0.25, -0.2) is 0 Å². The number of anilines is 1. The maximum absolute atomic E-state index is 5.64. The Morgan fingerprint density at radius 3 is 2.84 bits per heavy atom. The summed E-state index contributed by atoms with van der Waals surface area (Å²) in [6, 6.07) is 7.99. The van der Waals surface area contributed by atoms with Crippen LogP contribution in [0.25, 0.3) is 0 Å². The largest absolute Gasteiger partial charge is 0.489 e. The van der Waals surface area contributed by atoms with E-state index in [0.717, 1.165) is 28.4 Å². The summed E-state index contributed by atoms with van der Waals surface area (Å²) in [5, 5.41) is 10.5. The van der Waals surface area contributed by atoms with Gasteiger partial charge < -0.3 is 10.1 Å². The van der Waals surface area contributed by atoms with Crippen LogP contribution in [-0.4, -0.2) is 16.8 Å². The topological polar surface area (TPSA) is 49.9 Å². The maximum atomic E-state index is 5.64. The van der Waals surface area contributed by atoms with Crippen LogP contribution in [0.2, 0.25) is 0 Å². The summed E-state index contributed by atoms with van der Waals surface area (Å²) in [4.78, 5) is 0. The molecule has 0 aliphatic heterocycles. The summed E-state index contributed by atoms with van der Waals surface area (Å²) >= 11 is 0. The number of aromatic nitrogens is 2. The van der Waals surface area contributed by atoms with E-state index in [1.54, 1.807) is 6.08 Å². The Balaban J connectivity index is 2.09. The number of rotatable bonds is 6. The van der Waals surface area contributed by atoms with Gasteiger partial charge in [-0.3, -0.25) is 5.10 Å². The fraction of sp³-hybridized carbons (Fsp3) is 0.267. The van der Waals surface area contributed by atoms with E-state index in [2.05, 4.69) is 28.2 Å². The number of aromatic amines is 1. The van der Waals surface area contributed by atoms with Gasteiger partial charge in [-0.05, 0) is 19.9 Å². The predicted octanol–water partition coefficient (Wildman–Crippen LogP) is 3.20. The number of nitrogens with one attached hydrogen (secondary N) is 2. The molecule has 100 valence electrons. The molecule has 0 bridgehead atoms. The van der Waals surface area contributed by atoms with Gasteiger partial charge in [-0.1, -0.05) is 30.9 Å². The highest BCUT2D eigenvalue weighted by molar-refractivity contribution is 5.52. The fourth-order valence-electron chi connectivity index (χ4n) is 1.93. The van der Waals surface area contributed by atoms with E-state index < -0.39 is 0 Å². The van der Waals surface area contributed by atoms with Crippen molar-refractivity contribution in [2.75, 3.05) is 11.9 Å². The van der Waals surface area contributed by atoms with Gasteiger partial charge in [0.2, 0.25) is 0 Å². The lowest BCUT2D eigenvalue weighted by molar-refractivity contribution is 0.359. The minimum Gasteiger partial charge on any atom is -0.489 e. The van der Waals surface area contributed by atoms with Crippen molar-refractivity contribution in [1.29, 1.82) is 0 Å². The highest BCUT2D eigenvalue weighted by Gasteiger charge is 2.07. The summed E-state index contributed by atoms with van der Waals surface area (Å²) in [5.74, 6) is 0.883. The minimum absolute atomic E-state index is 0.515. The van der Waals surface area contributed by atoms with Crippen LogP contribution in [0, 0.1) is 13.8 Å². The molecule has 2 N–H and O–H groups in total. The number of benzene rings is 1. The first-order valence-electron chi connectivity index (χ1n) is 6.29. The Morgan fingerprint density at radius 1 is 1.37 bits per heavy atom. The predicted molar refractivity (Wildman–Crippen MR) is 77.5 cm³/mol. The number of hydrogen-bond donors (Lipinski definition) is 2. The third-order valence-electron chi connectivity index (χ3n) is 2.91. The lowest BCUT2D eigenvalue weighted by Crippen LogP contribution is -2.04. The Morgan fingerprint density at radius 2 is 2.16 bits per heavy atom. The van der Waals surface area contributed by atoms with Crippen LogP contribution in [0.1, 0.15) is 17.0 Å². The summed E-state index contributed by atoms with van der Waals surface area (Å²) in [5.41, 5.74) is 4.19. The number of H-pyrrole nitrogens is 1. The first-order valence-corrected chi connectivity index (χ1v) is 6.29.